The average Bonchev–Trinajstić information content (AvgIpc) is 3.03. The van der Waals surface area contributed by atoms with Gasteiger partial charge >= 0.3 is 0 Å². The van der Waals surface area contributed by atoms with E-state index in [0.29, 0.717) is 5.92 Å². The molecule has 21 heavy (non-hydrogen) atoms. The summed E-state index contributed by atoms with van der Waals surface area (Å²) in [7, 11) is 0. The summed E-state index contributed by atoms with van der Waals surface area (Å²) >= 11 is 1.77. The van der Waals surface area contributed by atoms with E-state index in [1.807, 2.05) is 6.07 Å². The number of thioether (sulfide) groups is 1. The molecule has 1 aromatic heterocycles. The maximum absolute atomic E-state index is 5.78. The van der Waals surface area contributed by atoms with Crippen LogP contribution < -0.4 is 10.6 Å². The first-order valence-corrected chi connectivity index (χ1v) is 8.38. The minimum absolute atomic E-state index is 0.569. The van der Waals surface area contributed by atoms with Crippen LogP contribution >= 0.6 is 11.8 Å². The molecule has 3 N–H and O–H groups in total. The van der Waals surface area contributed by atoms with Gasteiger partial charge in [0.25, 0.3) is 0 Å². The molecule has 0 aliphatic carbocycles. The fraction of sp³-hybridized carbons (Fsp3) is 0.467. The minimum Gasteiger partial charge on any atom is -0.339 e. The molecule has 0 bridgehead atoms. The van der Waals surface area contributed by atoms with Gasteiger partial charge in [-0.3, -0.25) is 5.10 Å². The first-order valence-electron chi connectivity index (χ1n) is 7.39. The van der Waals surface area contributed by atoms with Crippen LogP contribution in [0.3, 0.4) is 0 Å². The minimum atomic E-state index is 0.569. The standard InChI is InChI=1S/C15H21N5S/c16-9-12-5-4-8-20(10-12)15-17-14(18-19-15)11-21-13-6-2-1-3-7-13/h1-3,6-7,12H,4-5,8-11,16H2,(H,17,18,19). The van der Waals surface area contributed by atoms with Crippen molar-refractivity contribution in [1.82, 2.24) is 15.2 Å². The van der Waals surface area contributed by atoms with Crippen molar-refractivity contribution < 1.29 is 0 Å². The van der Waals surface area contributed by atoms with E-state index in [-0.39, 0.29) is 0 Å². The smallest absolute Gasteiger partial charge is 0.244 e. The largest absolute Gasteiger partial charge is 0.339 e. The van der Waals surface area contributed by atoms with Crippen LogP contribution in [0.15, 0.2) is 35.2 Å². The molecule has 1 fully saturated rings. The summed E-state index contributed by atoms with van der Waals surface area (Å²) in [4.78, 5) is 8.11. The highest BCUT2D eigenvalue weighted by Gasteiger charge is 2.21. The lowest BCUT2D eigenvalue weighted by Crippen LogP contribution is -2.38. The second-order valence-corrected chi connectivity index (χ2v) is 6.42. The van der Waals surface area contributed by atoms with Crippen LogP contribution in [0.25, 0.3) is 0 Å². The van der Waals surface area contributed by atoms with Crippen LogP contribution in [0.4, 0.5) is 5.95 Å². The first-order chi connectivity index (χ1) is 10.3. The zero-order valence-electron chi connectivity index (χ0n) is 12.0. The number of rotatable bonds is 5. The van der Waals surface area contributed by atoms with Gasteiger partial charge in [0.1, 0.15) is 5.82 Å². The van der Waals surface area contributed by atoms with E-state index in [1.54, 1.807) is 11.8 Å². The van der Waals surface area contributed by atoms with Crippen molar-refractivity contribution in [2.75, 3.05) is 24.5 Å². The molecule has 0 radical (unpaired) electrons. The molecule has 0 spiro atoms. The molecule has 1 atom stereocenters. The number of hydrogen-bond acceptors (Lipinski definition) is 5. The molecule has 0 saturated carbocycles. The Balaban J connectivity index is 1.58. The van der Waals surface area contributed by atoms with Gasteiger partial charge in [0.05, 0.1) is 5.75 Å². The van der Waals surface area contributed by atoms with E-state index in [9.17, 15) is 0 Å². The van der Waals surface area contributed by atoms with Crippen molar-refractivity contribution in [1.29, 1.82) is 0 Å². The van der Waals surface area contributed by atoms with Gasteiger partial charge in [0.2, 0.25) is 5.95 Å². The SMILES string of the molecule is NCC1CCCN(c2n[nH]c(CSc3ccccc3)n2)C1. The van der Waals surface area contributed by atoms with Crippen molar-refractivity contribution >= 4 is 17.7 Å². The van der Waals surface area contributed by atoms with E-state index in [4.69, 9.17) is 5.73 Å². The zero-order valence-corrected chi connectivity index (χ0v) is 12.9. The maximum Gasteiger partial charge on any atom is 0.244 e. The molecular weight excluding hydrogens is 282 g/mol. The van der Waals surface area contributed by atoms with Gasteiger partial charge in [-0.15, -0.1) is 16.9 Å². The molecule has 5 nitrogen and oxygen atoms in total. The van der Waals surface area contributed by atoms with Gasteiger partial charge in [-0.1, -0.05) is 18.2 Å². The van der Waals surface area contributed by atoms with Crippen molar-refractivity contribution in [3.63, 3.8) is 0 Å². The van der Waals surface area contributed by atoms with Crippen molar-refractivity contribution in [2.24, 2.45) is 11.7 Å². The molecule has 1 aromatic carbocycles. The van der Waals surface area contributed by atoms with Gasteiger partial charge in [-0.25, -0.2) is 0 Å². The number of benzene rings is 1. The lowest BCUT2D eigenvalue weighted by molar-refractivity contribution is 0.420. The Morgan fingerprint density at radius 2 is 2.19 bits per heavy atom. The fourth-order valence-electron chi connectivity index (χ4n) is 2.60. The molecule has 0 amide bonds. The normalized spacial score (nSPS) is 18.9. The summed E-state index contributed by atoms with van der Waals surface area (Å²) in [5.74, 6) is 3.12. The summed E-state index contributed by atoms with van der Waals surface area (Å²) in [5, 5.41) is 7.41. The van der Waals surface area contributed by atoms with Crippen LogP contribution in [-0.4, -0.2) is 34.8 Å². The van der Waals surface area contributed by atoms with Crippen LogP contribution in [0, 0.1) is 5.92 Å². The second kappa shape index (κ2) is 6.95. The molecule has 3 rings (SSSR count). The Labute approximate surface area is 129 Å². The Morgan fingerprint density at radius 3 is 3.00 bits per heavy atom. The lowest BCUT2D eigenvalue weighted by atomic mass is 9.99. The van der Waals surface area contributed by atoms with Crippen molar-refractivity contribution in [2.45, 2.75) is 23.5 Å². The predicted octanol–water partition coefficient (Wildman–Crippen LogP) is 2.27. The molecule has 1 unspecified atom stereocenters. The van der Waals surface area contributed by atoms with Crippen LogP contribution in [0.1, 0.15) is 18.7 Å². The fourth-order valence-corrected chi connectivity index (χ4v) is 3.38. The van der Waals surface area contributed by atoms with Gasteiger partial charge in [-0.05, 0) is 37.4 Å². The van der Waals surface area contributed by atoms with Gasteiger partial charge in [0, 0.05) is 18.0 Å². The van der Waals surface area contributed by atoms with Crippen molar-refractivity contribution in [3.05, 3.63) is 36.2 Å². The molecule has 1 aliphatic heterocycles. The van der Waals surface area contributed by atoms with E-state index in [0.717, 1.165) is 37.2 Å². The first kappa shape index (κ1) is 14.4. The van der Waals surface area contributed by atoms with Gasteiger partial charge in [0.15, 0.2) is 0 Å². The number of nitrogens with one attached hydrogen (secondary N) is 1. The second-order valence-electron chi connectivity index (χ2n) is 5.37. The van der Waals surface area contributed by atoms with E-state index < -0.39 is 0 Å². The highest BCUT2D eigenvalue weighted by molar-refractivity contribution is 7.98. The molecule has 1 saturated heterocycles. The van der Waals surface area contributed by atoms with Crippen LogP contribution in [0.2, 0.25) is 0 Å². The predicted molar refractivity (Wildman–Crippen MR) is 86.4 cm³/mol. The van der Waals surface area contributed by atoms with E-state index in [2.05, 4.69) is 44.3 Å². The Kier molecular flexibility index (Phi) is 4.77. The number of aromatic amines is 1. The summed E-state index contributed by atoms with van der Waals surface area (Å²) < 4.78 is 0. The third kappa shape index (κ3) is 3.77. The Hall–Kier alpha value is -1.53. The van der Waals surface area contributed by atoms with Gasteiger partial charge < -0.3 is 10.6 Å². The number of anilines is 1. The number of hydrogen-bond donors (Lipinski definition) is 2. The van der Waals surface area contributed by atoms with Crippen molar-refractivity contribution in [3.8, 4) is 0 Å². The lowest BCUT2D eigenvalue weighted by Gasteiger charge is -2.31. The third-order valence-corrected chi connectivity index (χ3v) is 4.80. The molecule has 2 aromatic rings. The molecule has 2 heterocycles. The summed E-state index contributed by atoms with van der Waals surface area (Å²) in [6, 6.07) is 10.3. The quantitative estimate of drug-likeness (QED) is 0.829. The summed E-state index contributed by atoms with van der Waals surface area (Å²) in [6.45, 7) is 2.75. The zero-order chi connectivity index (χ0) is 14.5. The Morgan fingerprint density at radius 1 is 1.33 bits per heavy atom. The molecular formula is C15H21N5S. The van der Waals surface area contributed by atoms with E-state index in [1.165, 1.54) is 17.7 Å². The van der Waals surface area contributed by atoms with Gasteiger partial charge in [-0.2, -0.15) is 4.98 Å². The number of nitrogens with zero attached hydrogens (tertiary/aromatic N) is 3. The number of nitrogens with two attached hydrogens (primary N) is 1. The topological polar surface area (TPSA) is 70.8 Å². The molecule has 1 aliphatic rings. The highest BCUT2D eigenvalue weighted by Crippen LogP contribution is 2.23. The summed E-state index contributed by atoms with van der Waals surface area (Å²) in [5.41, 5.74) is 5.78. The number of aromatic nitrogens is 3. The van der Waals surface area contributed by atoms with Crippen LogP contribution in [0.5, 0.6) is 0 Å². The average molecular weight is 303 g/mol. The maximum atomic E-state index is 5.78. The molecule has 112 valence electrons. The third-order valence-electron chi connectivity index (χ3n) is 3.77. The summed E-state index contributed by atoms with van der Waals surface area (Å²) in [6.07, 6.45) is 2.39. The van der Waals surface area contributed by atoms with E-state index >= 15 is 0 Å². The monoisotopic (exact) mass is 303 g/mol. The highest BCUT2D eigenvalue weighted by atomic mass is 32.2. The van der Waals surface area contributed by atoms with Crippen LogP contribution in [-0.2, 0) is 5.75 Å². The molecule has 6 heteroatoms. The number of H-pyrrole nitrogens is 1. The number of piperidine rings is 1. The Bertz CT molecular complexity index is 556.